The first-order valence-corrected chi connectivity index (χ1v) is 25.5. The van der Waals surface area contributed by atoms with E-state index in [1.54, 1.807) is 12.1 Å². The van der Waals surface area contributed by atoms with Crippen molar-refractivity contribution in [3.8, 4) is 66.8 Å². The van der Waals surface area contributed by atoms with Crippen molar-refractivity contribution < 1.29 is 4.39 Å². The summed E-state index contributed by atoms with van der Waals surface area (Å²) in [7, 11) is 0. The van der Waals surface area contributed by atoms with Gasteiger partial charge < -0.3 is 4.90 Å². The molecule has 6 aliphatic rings. The van der Waals surface area contributed by atoms with Crippen LogP contribution in [0.3, 0.4) is 0 Å². The Hall–Kier alpha value is -7.36. The predicted molar refractivity (Wildman–Crippen MR) is 286 cm³/mol. The maximum absolute atomic E-state index is 14.7. The summed E-state index contributed by atoms with van der Waals surface area (Å²) < 4.78 is 14.7. The van der Waals surface area contributed by atoms with Gasteiger partial charge in [0.05, 0.1) is 0 Å². The normalized spacial score (nSPS) is 21.6. The van der Waals surface area contributed by atoms with Gasteiger partial charge in [-0.25, -0.2) is 4.39 Å². The average molecular weight is 907 g/mol. The van der Waals surface area contributed by atoms with Gasteiger partial charge in [-0.1, -0.05) is 123 Å². The lowest BCUT2D eigenvalue weighted by molar-refractivity contribution is -0.0399. The fraction of sp³-hybridized carbons (Fsp3) is 0.209. The van der Waals surface area contributed by atoms with E-state index >= 15 is 0 Å². The Morgan fingerprint density at radius 1 is 0.414 bits per heavy atom. The zero-order chi connectivity index (χ0) is 46.9. The molecule has 1 aromatic heterocycles. The maximum atomic E-state index is 14.7. The van der Waals surface area contributed by atoms with Gasteiger partial charge in [-0.3, -0.25) is 4.98 Å². The Morgan fingerprint density at radius 2 is 0.957 bits per heavy atom. The van der Waals surface area contributed by atoms with Crippen LogP contribution < -0.4 is 4.90 Å². The molecule has 8 aromatic carbocycles. The molecule has 1 heterocycles. The molecule has 6 aliphatic carbocycles. The second-order valence-corrected chi connectivity index (χ2v) is 21.8. The number of aryl methyl sites for hydroxylation is 1. The van der Waals surface area contributed by atoms with Crippen LogP contribution in [-0.4, -0.2) is 4.98 Å². The molecule has 340 valence electrons. The van der Waals surface area contributed by atoms with Crippen LogP contribution in [0.25, 0.3) is 66.8 Å². The Balaban J connectivity index is 0.851. The number of hydrogen-bond donors (Lipinski definition) is 0. The van der Waals surface area contributed by atoms with Gasteiger partial charge in [0.15, 0.2) is 0 Å². The summed E-state index contributed by atoms with van der Waals surface area (Å²) >= 11 is 0. The van der Waals surface area contributed by atoms with Crippen LogP contribution in [0, 0.1) is 36.4 Å². The van der Waals surface area contributed by atoms with Crippen LogP contribution in [0.15, 0.2) is 194 Å². The van der Waals surface area contributed by atoms with Crippen LogP contribution in [0.1, 0.15) is 73.8 Å². The molecule has 9 aromatic rings. The van der Waals surface area contributed by atoms with Crippen molar-refractivity contribution in [2.75, 3.05) is 4.90 Å². The predicted octanol–water partition coefficient (Wildman–Crippen LogP) is 17.7. The molecule has 4 fully saturated rings. The smallest absolute Gasteiger partial charge is 0.123 e. The van der Waals surface area contributed by atoms with Crippen LogP contribution in [0.2, 0.25) is 0 Å². The number of hydrogen-bond acceptors (Lipinski definition) is 2. The third kappa shape index (κ3) is 6.26. The highest BCUT2D eigenvalue weighted by atomic mass is 19.1. The number of halogens is 1. The Bertz CT molecular complexity index is 3500. The van der Waals surface area contributed by atoms with Crippen LogP contribution in [-0.2, 0) is 10.8 Å². The van der Waals surface area contributed by atoms with Gasteiger partial charge in [-0.15, -0.1) is 0 Å². The van der Waals surface area contributed by atoms with E-state index in [1.807, 2.05) is 18.5 Å². The molecule has 0 aliphatic heterocycles. The number of fused-ring (bicyclic) bond motifs is 6. The minimum absolute atomic E-state index is 0.0535. The zero-order valence-electron chi connectivity index (χ0n) is 40.1. The highest BCUT2D eigenvalue weighted by Crippen LogP contribution is 2.70. The lowest BCUT2D eigenvalue weighted by atomic mass is 9.43. The zero-order valence-corrected chi connectivity index (χ0v) is 40.1. The van der Waals surface area contributed by atoms with E-state index in [9.17, 15) is 4.39 Å². The monoisotopic (exact) mass is 906 g/mol. The maximum Gasteiger partial charge on any atom is 0.123 e. The fourth-order valence-electron chi connectivity index (χ4n) is 14.7. The first-order chi connectivity index (χ1) is 34.2. The van der Waals surface area contributed by atoms with Gasteiger partial charge in [0.25, 0.3) is 0 Å². The Kier molecular flexibility index (Phi) is 9.25. The lowest BCUT2D eigenvalue weighted by Crippen LogP contribution is -2.55. The summed E-state index contributed by atoms with van der Waals surface area (Å²) in [4.78, 5) is 6.84. The van der Waals surface area contributed by atoms with Gasteiger partial charge in [0, 0.05) is 40.3 Å². The van der Waals surface area contributed by atoms with Crippen molar-refractivity contribution in [3.05, 3.63) is 228 Å². The summed E-state index contributed by atoms with van der Waals surface area (Å²) in [6, 6.07) is 66.8. The molecular formula is C67H55FN2. The standard InChI is InChI=1S/C67H55FN2/c1-41-11-20-53(21-12-41)70(55-24-26-57-56-9-4-5-10-62(56)66(2,3)63(57)38-55)54-22-17-45(18-23-54)44-13-15-46(16-14-44)60-40-65-61(39-59(60)47-27-29-69-30-28-47)58-25-19-49(48-7-6-8-52(68)36-48)37-64(58)67(65)50-32-42-31-43(34-50)35-51(67)33-42/h4-30,36-40,42-43,50-51H,31-35H2,1-3H3. The fourth-order valence-corrected chi connectivity index (χ4v) is 14.7. The number of nitrogens with zero attached hydrogens (tertiary/aromatic N) is 2. The summed E-state index contributed by atoms with van der Waals surface area (Å²) in [5.74, 6) is 2.68. The molecule has 0 saturated heterocycles. The molecule has 4 saturated carbocycles. The highest BCUT2D eigenvalue weighted by Gasteiger charge is 2.61. The van der Waals surface area contributed by atoms with Crippen molar-refractivity contribution in [2.24, 2.45) is 23.7 Å². The number of rotatable bonds is 7. The summed E-state index contributed by atoms with van der Waals surface area (Å²) in [6.45, 7) is 6.86. The molecule has 0 amide bonds. The van der Waals surface area contributed by atoms with Gasteiger partial charge in [0.1, 0.15) is 5.82 Å². The van der Waals surface area contributed by atoms with Crippen LogP contribution in [0.4, 0.5) is 21.5 Å². The van der Waals surface area contributed by atoms with E-state index in [0.717, 1.165) is 40.0 Å². The van der Waals surface area contributed by atoms with Gasteiger partial charge >= 0.3 is 0 Å². The first-order valence-electron chi connectivity index (χ1n) is 25.5. The molecule has 15 rings (SSSR count). The van der Waals surface area contributed by atoms with E-state index in [1.165, 1.54) is 116 Å². The molecule has 4 bridgehead atoms. The van der Waals surface area contributed by atoms with Crippen LogP contribution >= 0.6 is 0 Å². The number of aromatic nitrogens is 1. The summed E-state index contributed by atoms with van der Waals surface area (Å²) in [5, 5.41) is 0. The van der Waals surface area contributed by atoms with E-state index in [0.29, 0.717) is 11.8 Å². The van der Waals surface area contributed by atoms with E-state index in [2.05, 4.69) is 194 Å². The second-order valence-electron chi connectivity index (χ2n) is 21.8. The third-order valence-electron chi connectivity index (χ3n) is 17.7. The molecule has 0 unspecified atom stereocenters. The average Bonchev–Trinajstić information content (AvgIpc) is 3.80. The number of benzene rings is 8. The number of pyridine rings is 1. The van der Waals surface area contributed by atoms with Gasteiger partial charge in [0.2, 0.25) is 0 Å². The first kappa shape index (κ1) is 41.6. The van der Waals surface area contributed by atoms with Gasteiger partial charge in [-0.05, 0) is 231 Å². The Morgan fingerprint density at radius 3 is 1.67 bits per heavy atom. The molecule has 1 spiro atoms. The molecule has 70 heavy (non-hydrogen) atoms. The largest absolute Gasteiger partial charge is 0.310 e. The minimum atomic E-state index is -0.188. The molecule has 0 radical (unpaired) electrons. The van der Waals surface area contributed by atoms with Gasteiger partial charge in [-0.2, -0.15) is 0 Å². The van der Waals surface area contributed by atoms with Crippen molar-refractivity contribution in [1.82, 2.24) is 4.98 Å². The highest BCUT2D eigenvalue weighted by molar-refractivity contribution is 5.94. The lowest BCUT2D eigenvalue weighted by Gasteiger charge is -2.61. The molecule has 0 N–H and O–H groups in total. The van der Waals surface area contributed by atoms with E-state index in [4.69, 9.17) is 0 Å². The van der Waals surface area contributed by atoms with E-state index < -0.39 is 0 Å². The third-order valence-corrected chi connectivity index (χ3v) is 17.7. The van der Waals surface area contributed by atoms with Crippen molar-refractivity contribution in [3.63, 3.8) is 0 Å². The Labute approximate surface area is 411 Å². The van der Waals surface area contributed by atoms with Crippen molar-refractivity contribution >= 4 is 17.1 Å². The summed E-state index contributed by atoms with van der Waals surface area (Å²) in [5.41, 5.74) is 25.0. The van der Waals surface area contributed by atoms with Crippen molar-refractivity contribution in [1.29, 1.82) is 0 Å². The van der Waals surface area contributed by atoms with Crippen molar-refractivity contribution in [2.45, 2.75) is 63.7 Å². The molecular weight excluding hydrogens is 852 g/mol. The minimum Gasteiger partial charge on any atom is -0.310 e. The number of anilines is 3. The second kappa shape index (κ2) is 15.6. The molecule has 0 atom stereocenters. The van der Waals surface area contributed by atoms with E-state index in [-0.39, 0.29) is 16.6 Å². The van der Waals surface area contributed by atoms with Crippen LogP contribution in [0.5, 0.6) is 0 Å². The molecule has 2 nitrogen and oxygen atoms in total. The summed E-state index contributed by atoms with van der Waals surface area (Å²) in [6.07, 6.45) is 10.4. The SMILES string of the molecule is Cc1ccc(N(c2ccc(-c3ccc(-c4cc5c(cc4-c4ccncc4)-c4ccc(-c6cccc(F)c6)cc4C54C5CC6CC(C5)CC4C6)cc3)cc2)c2ccc3c(c2)C(C)(C)c2ccccc2-3)cc1. The molecule has 3 heteroatoms. The topological polar surface area (TPSA) is 16.1 Å². The quantitative estimate of drug-likeness (QED) is 0.158.